The number of aliphatic hydroxyl groups is 2. The van der Waals surface area contributed by atoms with E-state index in [4.69, 9.17) is 15.8 Å². The van der Waals surface area contributed by atoms with Crippen molar-refractivity contribution in [1.29, 1.82) is 0 Å². The molecule has 2 heterocycles. The van der Waals surface area contributed by atoms with Crippen molar-refractivity contribution in [2.45, 2.75) is 83.2 Å². The lowest BCUT2D eigenvalue weighted by Crippen LogP contribution is -2.60. The molecule has 32 heavy (non-hydrogen) atoms. The summed E-state index contributed by atoms with van der Waals surface area (Å²) in [5.74, 6) is 1.55. The van der Waals surface area contributed by atoms with Gasteiger partial charge in [-0.25, -0.2) is 4.98 Å². The smallest absolute Gasteiger partial charge is 0.0969 e. The van der Waals surface area contributed by atoms with Crippen LogP contribution in [0.5, 0.6) is 0 Å². The minimum Gasteiger partial charge on any atom is -0.398 e. The second-order valence-corrected chi connectivity index (χ2v) is 12.2. The molecule has 0 unspecified atom stereocenters. The number of nitrogens with zero attached hydrogens (tertiary/aromatic N) is 2. The summed E-state index contributed by atoms with van der Waals surface area (Å²) in [4.78, 5) is 7.21. The zero-order valence-electron chi connectivity index (χ0n) is 20.1. The van der Waals surface area contributed by atoms with E-state index >= 15 is 0 Å². The molecule has 4 N–H and O–H groups in total. The van der Waals surface area contributed by atoms with Gasteiger partial charge in [-0.15, -0.1) is 11.3 Å². The third-order valence-electron chi connectivity index (χ3n) is 7.61. The molecule has 3 fully saturated rings. The molecule has 2 aromatic rings. The number of fused-ring (bicyclic) bond motifs is 1. The molecule has 1 aromatic carbocycles. The summed E-state index contributed by atoms with van der Waals surface area (Å²) in [6.07, 6.45) is 11.6. The normalized spacial score (nSPS) is 21.8. The van der Waals surface area contributed by atoms with E-state index in [1.165, 1.54) is 69.5 Å². The van der Waals surface area contributed by atoms with Gasteiger partial charge in [0.05, 0.1) is 20.8 Å². The number of likely N-dealkylation sites (tertiary alicyclic amines) is 1. The van der Waals surface area contributed by atoms with Gasteiger partial charge in [0, 0.05) is 36.9 Å². The molecule has 5 rings (SSSR count). The predicted molar refractivity (Wildman–Crippen MR) is 134 cm³/mol. The van der Waals surface area contributed by atoms with E-state index in [-0.39, 0.29) is 0 Å². The maximum atomic E-state index is 10.2. The number of benzene rings is 1. The van der Waals surface area contributed by atoms with Crippen LogP contribution in [0.4, 0.5) is 5.69 Å². The molecular formula is C26H41N3O2S. The molecule has 0 amide bonds. The van der Waals surface area contributed by atoms with E-state index in [1.807, 2.05) is 12.1 Å². The molecule has 1 aliphatic heterocycles. The van der Waals surface area contributed by atoms with Crippen LogP contribution in [0.15, 0.2) is 12.1 Å². The van der Waals surface area contributed by atoms with Gasteiger partial charge in [0.2, 0.25) is 0 Å². The van der Waals surface area contributed by atoms with Gasteiger partial charge in [-0.1, -0.05) is 19.3 Å². The second-order valence-electron chi connectivity index (χ2n) is 11.2. The minimum atomic E-state index is -0.924. The third kappa shape index (κ3) is 5.30. The highest BCUT2D eigenvalue weighted by molar-refractivity contribution is 7.18. The lowest BCUT2D eigenvalue weighted by Gasteiger charge is -2.58. The summed E-state index contributed by atoms with van der Waals surface area (Å²) in [6.45, 7) is 6.55. The maximum Gasteiger partial charge on any atom is 0.0969 e. The van der Waals surface area contributed by atoms with Gasteiger partial charge >= 0.3 is 0 Å². The number of hydrogen-bond donors (Lipinski definition) is 3. The molecule has 1 saturated heterocycles. The quantitative estimate of drug-likeness (QED) is 0.532. The van der Waals surface area contributed by atoms with Crippen LogP contribution in [0, 0.1) is 11.3 Å². The summed E-state index contributed by atoms with van der Waals surface area (Å²) in [5, 5.41) is 20.1. The lowest BCUT2D eigenvalue weighted by atomic mass is 9.57. The first kappa shape index (κ1) is 23.9. The van der Waals surface area contributed by atoms with Gasteiger partial charge < -0.3 is 20.8 Å². The Balaban J connectivity index is 0.000000174. The van der Waals surface area contributed by atoms with E-state index < -0.39 is 5.60 Å². The van der Waals surface area contributed by atoms with Crippen LogP contribution in [0.3, 0.4) is 0 Å². The standard InChI is InChI=1S/C16H22N2OS.C10H19NO/c1-16(2,19)11-8-13-14(9-12(11)17)20-15(18-13)10-6-4-3-5-7-10;1-11-7-10(8-11)5-9(6-10)3-2-4-12/h8-10,19H,3-7,17H2,1-2H3;9,12H,2-8H2,1H3. The van der Waals surface area contributed by atoms with Crippen LogP contribution in [0.2, 0.25) is 0 Å². The Morgan fingerprint density at radius 2 is 1.88 bits per heavy atom. The molecule has 1 spiro atoms. The van der Waals surface area contributed by atoms with Crippen LogP contribution in [-0.4, -0.2) is 46.8 Å². The first-order chi connectivity index (χ1) is 15.2. The molecule has 0 bridgehead atoms. The van der Waals surface area contributed by atoms with Crippen molar-refractivity contribution in [3.63, 3.8) is 0 Å². The minimum absolute atomic E-state index is 0.378. The average Bonchev–Trinajstić information content (AvgIpc) is 3.11. The highest BCUT2D eigenvalue weighted by Gasteiger charge is 2.50. The van der Waals surface area contributed by atoms with Crippen molar-refractivity contribution in [3.05, 3.63) is 22.7 Å². The van der Waals surface area contributed by atoms with Gasteiger partial charge in [-0.2, -0.15) is 0 Å². The Morgan fingerprint density at radius 3 is 2.47 bits per heavy atom. The predicted octanol–water partition coefficient (Wildman–Crippen LogP) is 5.25. The largest absolute Gasteiger partial charge is 0.398 e. The van der Waals surface area contributed by atoms with E-state index in [0.29, 0.717) is 18.2 Å². The van der Waals surface area contributed by atoms with Crippen molar-refractivity contribution in [2.24, 2.45) is 11.3 Å². The Kier molecular flexibility index (Phi) is 7.16. The SMILES string of the molecule is CC(C)(O)c1cc2nc(C3CCCCC3)sc2cc1N.CN1CC2(CC(CCCO)C2)C1. The summed E-state index contributed by atoms with van der Waals surface area (Å²) in [6, 6.07) is 3.92. The monoisotopic (exact) mass is 459 g/mol. The molecule has 5 nitrogen and oxygen atoms in total. The van der Waals surface area contributed by atoms with Gasteiger partial charge in [0.1, 0.15) is 0 Å². The summed E-state index contributed by atoms with van der Waals surface area (Å²) < 4.78 is 1.14. The molecule has 178 valence electrons. The van der Waals surface area contributed by atoms with Crippen LogP contribution in [0.1, 0.15) is 88.1 Å². The number of aromatic nitrogens is 1. The van der Waals surface area contributed by atoms with Crippen LogP contribution < -0.4 is 5.73 Å². The topological polar surface area (TPSA) is 82.6 Å². The number of anilines is 1. The second kappa shape index (κ2) is 9.57. The molecule has 3 aliphatic rings. The number of thiazole rings is 1. The number of rotatable bonds is 5. The fourth-order valence-electron chi connectivity index (χ4n) is 6.17. The fraction of sp³-hybridized carbons (Fsp3) is 0.731. The van der Waals surface area contributed by atoms with Gasteiger partial charge in [-0.3, -0.25) is 0 Å². The first-order valence-electron chi connectivity index (χ1n) is 12.4. The highest BCUT2D eigenvalue weighted by atomic mass is 32.1. The van der Waals surface area contributed by atoms with Crippen molar-refractivity contribution in [3.8, 4) is 0 Å². The first-order valence-corrected chi connectivity index (χ1v) is 13.2. The summed E-state index contributed by atoms with van der Waals surface area (Å²) in [5.41, 5.74) is 8.29. The van der Waals surface area contributed by atoms with E-state index in [1.54, 1.807) is 25.2 Å². The molecular weight excluding hydrogens is 418 g/mol. The Bertz CT molecular complexity index is 900. The van der Waals surface area contributed by atoms with E-state index in [9.17, 15) is 5.11 Å². The van der Waals surface area contributed by atoms with Gasteiger partial charge in [-0.05, 0) is 82.9 Å². The molecule has 2 aliphatic carbocycles. The van der Waals surface area contributed by atoms with Crippen LogP contribution in [0.25, 0.3) is 10.2 Å². The highest BCUT2D eigenvalue weighted by Crippen LogP contribution is 2.52. The maximum absolute atomic E-state index is 10.2. The number of hydrogen-bond acceptors (Lipinski definition) is 6. The number of nitrogen functional groups attached to an aromatic ring is 1. The molecule has 0 atom stereocenters. The van der Waals surface area contributed by atoms with E-state index in [2.05, 4.69) is 11.9 Å². The lowest BCUT2D eigenvalue weighted by molar-refractivity contribution is -0.0844. The fourth-order valence-corrected chi connectivity index (χ4v) is 7.33. The Morgan fingerprint density at radius 1 is 1.19 bits per heavy atom. The molecule has 6 heteroatoms. The molecule has 1 aromatic heterocycles. The molecule has 2 saturated carbocycles. The number of nitrogens with two attached hydrogens (primary N) is 1. The zero-order valence-corrected chi connectivity index (χ0v) is 20.9. The Labute approximate surface area is 197 Å². The van der Waals surface area contributed by atoms with Crippen molar-refractivity contribution < 1.29 is 10.2 Å². The third-order valence-corrected chi connectivity index (χ3v) is 8.79. The number of aliphatic hydroxyl groups excluding tert-OH is 1. The van der Waals surface area contributed by atoms with E-state index in [0.717, 1.165) is 33.5 Å². The van der Waals surface area contributed by atoms with Crippen molar-refractivity contribution in [2.75, 3.05) is 32.5 Å². The van der Waals surface area contributed by atoms with Crippen LogP contribution >= 0.6 is 11.3 Å². The summed E-state index contributed by atoms with van der Waals surface area (Å²) >= 11 is 1.76. The summed E-state index contributed by atoms with van der Waals surface area (Å²) in [7, 11) is 2.20. The molecule has 0 radical (unpaired) electrons. The van der Waals surface area contributed by atoms with Crippen molar-refractivity contribution in [1.82, 2.24) is 9.88 Å². The van der Waals surface area contributed by atoms with Gasteiger partial charge in [0.25, 0.3) is 0 Å². The van der Waals surface area contributed by atoms with Crippen LogP contribution in [-0.2, 0) is 5.60 Å². The average molecular weight is 460 g/mol. The van der Waals surface area contributed by atoms with Gasteiger partial charge in [0.15, 0.2) is 0 Å². The van der Waals surface area contributed by atoms with Crippen molar-refractivity contribution >= 4 is 27.2 Å². The zero-order chi connectivity index (χ0) is 22.9. The Hall–Kier alpha value is -1.21.